The highest BCUT2D eigenvalue weighted by atomic mass is 32.1. The predicted molar refractivity (Wildman–Crippen MR) is 95.3 cm³/mol. The summed E-state index contributed by atoms with van der Waals surface area (Å²) >= 11 is 1.13. The minimum absolute atomic E-state index is 0.0883. The number of aromatic nitrogens is 3. The van der Waals surface area contributed by atoms with Crippen molar-refractivity contribution in [3.63, 3.8) is 0 Å². The van der Waals surface area contributed by atoms with Crippen LogP contribution in [0.3, 0.4) is 0 Å². The largest absolute Gasteiger partial charge is 0.273 e. The van der Waals surface area contributed by atoms with Crippen LogP contribution in [0.15, 0.2) is 47.4 Å². The van der Waals surface area contributed by atoms with Gasteiger partial charge in [0, 0.05) is 12.7 Å². The number of nitrogens with zero attached hydrogens (tertiary/aromatic N) is 5. The van der Waals surface area contributed by atoms with Crippen molar-refractivity contribution >= 4 is 23.0 Å². The lowest BCUT2D eigenvalue weighted by Gasteiger charge is -2.00. The van der Waals surface area contributed by atoms with Gasteiger partial charge in [0.05, 0.1) is 15.9 Å². The zero-order valence-corrected chi connectivity index (χ0v) is 14.2. The van der Waals surface area contributed by atoms with E-state index >= 15 is 0 Å². The Bertz CT molecular complexity index is 1150. The van der Waals surface area contributed by atoms with Gasteiger partial charge in [-0.25, -0.2) is 0 Å². The summed E-state index contributed by atoms with van der Waals surface area (Å²) in [6, 6.07) is 14.5. The number of hydrogen-bond donors (Lipinski definition) is 0. The molecule has 25 heavy (non-hydrogen) atoms. The average molecular weight is 347 g/mol. The van der Waals surface area contributed by atoms with Crippen molar-refractivity contribution in [2.75, 3.05) is 0 Å². The molecule has 0 radical (unpaired) electrons. The molecular formula is C18H13N5OS. The van der Waals surface area contributed by atoms with Crippen LogP contribution in [0.25, 0.3) is 17.3 Å². The summed E-state index contributed by atoms with van der Waals surface area (Å²) in [5.41, 5.74) is 1.06. The second-order valence-corrected chi connectivity index (χ2v) is 6.09. The van der Waals surface area contributed by atoms with Crippen LogP contribution in [0.1, 0.15) is 12.6 Å². The number of nitriles is 2. The Balaban J connectivity index is 2.40. The van der Waals surface area contributed by atoms with Gasteiger partial charge in [-0.2, -0.15) is 15.6 Å². The molecule has 3 aromatic rings. The predicted octanol–water partition coefficient (Wildman–Crippen LogP) is 1.14. The Labute approximate surface area is 147 Å². The smallest absolute Gasteiger partial charge is 0.267 e. The van der Waals surface area contributed by atoms with Crippen molar-refractivity contribution in [3.05, 3.63) is 67.8 Å². The third kappa shape index (κ3) is 3.01. The highest BCUT2D eigenvalue weighted by Gasteiger charge is 2.11. The van der Waals surface area contributed by atoms with Gasteiger partial charge in [-0.05, 0) is 31.2 Å². The minimum Gasteiger partial charge on any atom is -0.267 e. The van der Waals surface area contributed by atoms with E-state index in [2.05, 4.69) is 5.10 Å². The number of rotatable bonds is 3. The highest BCUT2D eigenvalue weighted by Crippen LogP contribution is 2.04. The van der Waals surface area contributed by atoms with E-state index in [1.165, 1.54) is 4.57 Å². The normalized spacial score (nSPS) is 11.1. The lowest BCUT2D eigenvalue weighted by atomic mass is 10.3. The van der Waals surface area contributed by atoms with Gasteiger partial charge in [0.25, 0.3) is 5.56 Å². The van der Waals surface area contributed by atoms with Crippen LogP contribution < -0.4 is 14.8 Å². The van der Waals surface area contributed by atoms with Crippen LogP contribution in [0.4, 0.5) is 0 Å². The van der Waals surface area contributed by atoms with Crippen LogP contribution >= 0.6 is 11.3 Å². The number of aryl methyl sites for hydroxylation is 1. The van der Waals surface area contributed by atoms with Crippen molar-refractivity contribution in [2.45, 2.75) is 13.5 Å². The fourth-order valence-corrected chi connectivity index (χ4v) is 3.49. The molecule has 6 nitrogen and oxygen atoms in total. The minimum atomic E-state index is -0.266. The molecule has 2 heterocycles. The molecule has 1 aromatic carbocycles. The number of thiazole rings is 1. The van der Waals surface area contributed by atoms with Crippen LogP contribution in [0.5, 0.6) is 0 Å². The molecule has 0 atom stereocenters. The molecular weight excluding hydrogens is 334 g/mol. The Morgan fingerprint density at radius 1 is 1.24 bits per heavy atom. The first-order valence-corrected chi connectivity index (χ1v) is 8.36. The van der Waals surface area contributed by atoms with E-state index in [9.17, 15) is 15.3 Å². The first-order chi connectivity index (χ1) is 12.2. The maximum Gasteiger partial charge on any atom is 0.273 e. The lowest BCUT2D eigenvalue weighted by molar-refractivity contribution is 0.653. The van der Waals surface area contributed by atoms with E-state index in [0.717, 1.165) is 17.0 Å². The average Bonchev–Trinajstić information content (AvgIpc) is 3.22. The van der Waals surface area contributed by atoms with E-state index in [4.69, 9.17) is 0 Å². The van der Waals surface area contributed by atoms with E-state index < -0.39 is 0 Å². The Hall–Kier alpha value is -3.42. The van der Waals surface area contributed by atoms with Crippen molar-refractivity contribution in [1.29, 1.82) is 10.5 Å². The summed E-state index contributed by atoms with van der Waals surface area (Å²) in [6.07, 6.45) is 3.40. The molecule has 0 saturated carbocycles. The SMILES string of the molecule is CCn1nccc1/C=c1\sc(=C(C#N)C#N)n(-c2ccccc2)c1=O. The molecule has 0 aliphatic heterocycles. The van der Waals surface area contributed by atoms with E-state index in [-0.39, 0.29) is 11.1 Å². The van der Waals surface area contributed by atoms with E-state index in [1.54, 1.807) is 41.2 Å². The van der Waals surface area contributed by atoms with E-state index in [0.29, 0.717) is 21.4 Å². The molecule has 0 bridgehead atoms. The molecule has 0 aliphatic carbocycles. The summed E-state index contributed by atoms with van der Waals surface area (Å²) in [6.45, 7) is 2.64. The molecule has 3 rings (SSSR count). The topological polar surface area (TPSA) is 87.4 Å². The fourth-order valence-electron chi connectivity index (χ4n) is 2.45. The summed E-state index contributed by atoms with van der Waals surface area (Å²) in [5, 5.41) is 22.7. The molecule has 0 saturated heterocycles. The van der Waals surface area contributed by atoms with Gasteiger partial charge in [-0.15, -0.1) is 11.3 Å². The third-order valence-electron chi connectivity index (χ3n) is 3.60. The number of hydrogen-bond acceptors (Lipinski definition) is 5. The molecule has 0 aliphatic rings. The van der Waals surface area contributed by atoms with Crippen LogP contribution in [-0.4, -0.2) is 14.3 Å². The summed E-state index contributed by atoms with van der Waals surface area (Å²) in [4.78, 5) is 12.9. The second kappa shape index (κ2) is 7.00. The molecule has 122 valence electrons. The number of benzene rings is 1. The van der Waals surface area contributed by atoms with Crippen LogP contribution in [0.2, 0.25) is 0 Å². The van der Waals surface area contributed by atoms with Crippen molar-refractivity contribution in [2.24, 2.45) is 0 Å². The zero-order valence-electron chi connectivity index (χ0n) is 13.4. The van der Waals surface area contributed by atoms with Crippen molar-refractivity contribution in [3.8, 4) is 17.8 Å². The summed E-state index contributed by atoms with van der Waals surface area (Å²) in [7, 11) is 0. The Kier molecular flexibility index (Phi) is 4.60. The molecule has 0 unspecified atom stereocenters. The standard InChI is InChI=1S/C18H13N5OS/c1-2-22-15(8-9-21-22)10-16-17(24)23(14-6-4-3-5-7-14)18(25-16)13(11-19)12-20/h3-10H,2H2,1H3/b16-10-. The summed E-state index contributed by atoms with van der Waals surface area (Å²) in [5.74, 6) is 0. The van der Waals surface area contributed by atoms with Gasteiger partial charge in [-0.1, -0.05) is 18.2 Å². The zero-order chi connectivity index (χ0) is 17.8. The molecule has 0 spiro atoms. The van der Waals surface area contributed by atoms with Crippen LogP contribution in [-0.2, 0) is 6.54 Å². The van der Waals surface area contributed by atoms with Gasteiger partial charge in [-0.3, -0.25) is 14.0 Å². The summed E-state index contributed by atoms with van der Waals surface area (Å²) < 4.78 is 3.95. The molecule has 7 heteroatoms. The second-order valence-electron chi connectivity index (χ2n) is 5.06. The molecule has 0 amide bonds. The maximum absolute atomic E-state index is 12.9. The van der Waals surface area contributed by atoms with Gasteiger partial charge in [0.15, 0.2) is 5.57 Å². The molecule has 2 aromatic heterocycles. The Morgan fingerprint density at radius 2 is 1.96 bits per heavy atom. The third-order valence-corrected chi connectivity index (χ3v) is 4.70. The molecule has 0 fully saturated rings. The number of para-hydroxylation sites is 1. The molecule has 0 N–H and O–H groups in total. The van der Waals surface area contributed by atoms with Gasteiger partial charge < -0.3 is 0 Å². The van der Waals surface area contributed by atoms with Gasteiger partial charge in [0.1, 0.15) is 16.8 Å². The first-order valence-electron chi connectivity index (χ1n) is 7.55. The highest BCUT2D eigenvalue weighted by molar-refractivity contribution is 7.07. The van der Waals surface area contributed by atoms with Crippen molar-refractivity contribution in [1.82, 2.24) is 14.3 Å². The lowest BCUT2D eigenvalue weighted by Crippen LogP contribution is -2.30. The van der Waals surface area contributed by atoms with Gasteiger partial charge >= 0.3 is 0 Å². The quantitative estimate of drug-likeness (QED) is 0.711. The van der Waals surface area contributed by atoms with Gasteiger partial charge in [0.2, 0.25) is 0 Å². The Morgan fingerprint density at radius 3 is 2.60 bits per heavy atom. The fraction of sp³-hybridized carbons (Fsp3) is 0.111. The first kappa shape index (κ1) is 16.4. The van der Waals surface area contributed by atoms with E-state index in [1.807, 2.05) is 31.2 Å². The van der Waals surface area contributed by atoms with Crippen molar-refractivity contribution < 1.29 is 0 Å². The van der Waals surface area contributed by atoms with Crippen LogP contribution in [0, 0.1) is 22.7 Å². The monoisotopic (exact) mass is 347 g/mol. The maximum atomic E-state index is 12.9.